The predicted octanol–water partition coefficient (Wildman–Crippen LogP) is 5.57. The maximum atomic E-state index is 13.0. The molecular weight excluding hydrogens is 536 g/mol. The van der Waals surface area contributed by atoms with E-state index in [-0.39, 0.29) is 16.0 Å². The van der Waals surface area contributed by atoms with Gasteiger partial charge in [-0.25, -0.2) is 23.4 Å². The van der Waals surface area contributed by atoms with Gasteiger partial charge >= 0.3 is 0 Å². The number of ether oxygens (including phenoxy) is 1. The minimum atomic E-state index is -3.87. The second-order valence-corrected chi connectivity index (χ2v) is 11.4. The van der Waals surface area contributed by atoms with E-state index in [4.69, 9.17) is 21.3 Å². The van der Waals surface area contributed by atoms with E-state index in [2.05, 4.69) is 25.3 Å². The Morgan fingerprint density at radius 2 is 1.87 bits per heavy atom. The highest BCUT2D eigenvalue weighted by Gasteiger charge is 2.20. The number of anilines is 2. The number of benzene rings is 2. The second kappa shape index (κ2) is 11.6. The van der Waals surface area contributed by atoms with Gasteiger partial charge in [-0.05, 0) is 86.8 Å². The standard InChI is InChI=1S/C28H29ClN6O3S/c1-18-16-25(19(2)15-24(18)35-39(36,37)26-10-4-3-9-22(26)29)38-27-21(8-6-13-31-27)23-11-14-32-28(34-23)33-20-7-5-12-30-17-20/h3-4,6,8-11,13-16,20,30,35H,5,7,12,17H2,1-2H3,(H,32,33,34)/t20-/m0/s1. The van der Waals surface area contributed by atoms with E-state index in [0.29, 0.717) is 40.1 Å². The number of hydrogen-bond acceptors (Lipinski definition) is 8. The lowest BCUT2D eigenvalue weighted by Crippen LogP contribution is -2.38. The molecule has 39 heavy (non-hydrogen) atoms. The molecule has 1 aliphatic rings. The average molecular weight is 565 g/mol. The quantitative estimate of drug-likeness (QED) is 0.254. The average Bonchev–Trinajstić information content (AvgIpc) is 2.92. The van der Waals surface area contributed by atoms with Gasteiger partial charge in [-0.1, -0.05) is 23.7 Å². The summed E-state index contributed by atoms with van der Waals surface area (Å²) in [6.07, 6.45) is 5.54. The minimum absolute atomic E-state index is 0.0145. The molecule has 1 aliphatic heterocycles. The van der Waals surface area contributed by atoms with Gasteiger partial charge in [0.15, 0.2) is 0 Å². The molecule has 202 valence electrons. The van der Waals surface area contributed by atoms with Crippen LogP contribution < -0.4 is 20.1 Å². The molecule has 0 unspecified atom stereocenters. The van der Waals surface area contributed by atoms with Crippen molar-refractivity contribution in [3.63, 3.8) is 0 Å². The predicted molar refractivity (Wildman–Crippen MR) is 153 cm³/mol. The first-order valence-electron chi connectivity index (χ1n) is 12.6. The van der Waals surface area contributed by atoms with Crippen LogP contribution in [0, 0.1) is 13.8 Å². The summed E-state index contributed by atoms with van der Waals surface area (Å²) < 4.78 is 34.8. The number of pyridine rings is 1. The van der Waals surface area contributed by atoms with Crippen molar-refractivity contribution in [1.82, 2.24) is 20.3 Å². The fraction of sp³-hybridized carbons (Fsp3) is 0.250. The summed E-state index contributed by atoms with van der Waals surface area (Å²) in [7, 11) is -3.87. The van der Waals surface area contributed by atoms with Crippen LogP contribution in [0.5, 0.6) is 11.6 Å². The van der Waals surface area contributed by atoms with Crippen LogP contribution in [0.3, 0.4) is 0 Å². The third-order valence-electron chi connectivity index (χ3n) is 6.43. The molecule has 2 aromatic carbocycles. The third-order valence-corrected chi connectivity index (χ3v) is 8.30. The van der Waals surface area contributed by atoms with Crippen LogP contribution in [0.25, 0.3) is 11.3 Å². The van der Waals surface area contributed by atoms with Gasteiger partial charge in [0.1, 0.15) is 10.6 Å². The Kier molecular flexibility index (Phi) is 7.97. The van der Waals surface area contributed by atoms with Crippen molar-refractivity contribution >= 4 is 33.3 Å². The molecule has 4 aromatic rings. The van der Waals surface area contributed by atoms with Crippen molar-refractivity contribution in [2.24, 2.45) is 0 Å². The van der Waals surface area contributed by atoms with Gasteiger partial charge in [0.25, 0.3) is 10.0 Å². The molecule has 1 fully saturated rings. The molecule has 0 saturated carbocycles. The number of nitrogens with zero attached hydrogens (tertiary/aromatic N) is 3. The Hall–Kier alpha value is -3.73. The fourth-order valence-electron chi connectivity index (χ4n) is 4.38. The molecule has 0 spiro atoms. The van der Waals surface area contributed by atoms with E-state index in [1.807, 2.05) is 25.1 Å². The first kappa shape index (κ1) is 26.9. The lowest BCUT2D eigenvalue weighted by Gasteiger charge is -2.23. The minimum Gasteiger partial charge on any atom is -0.438 e. The van der Waals surface area contributed by atoms with Crippen LogP contribution in [0.2, 0.25) is 5.02 Å². The summed E-state index contributed by atoms with van der Waals surface area (Å²) in [5.74, 6) is 1.49. The zero-order chi connectivity index (χ0) is 27.4. The summed E-state index contributed by atoms with van der Waals surface area (Å²) in [4.78, 5) is 13.6. The monoisotopic (exact) mass is 564 g/mol. The van der Waals surface area contributed by atoms with Crippen LogP contribution >= 0.6 is 11.6 Å². The Labute approximate surface area is 233 Å². The molecular formula is C28H29ClN6O3S. The smallest absolute Gasteiger partial charge is 0.263 e. The second-order valence-electron chi connectivity index (χ2n) is 9.38. The fourth-order valence-corrected chi connectivity index (χ4v) is 6.02. The number of aryl methyl sites for hydroxylation is 2. The van der Waals surface area contributed by atoms with Gasteiger partial charge in [0.05, 0.1) is 22.0 Å². The Morgan fingerprint density at radius 3 is 2.67 bits per heavy atom. The lowest BCUT2D eigenvalue weighted by atomic mass is 10.1. The summed E-state index contributed by atoms with van der Waals surface area (Å²) >= 11 is 6.12. The van der Waals surface area contributed by atoms with E-state index in [0.717, 1.165) is 31.5 Å². The van der Waals surface area contributed by atoms with Gasteiger partial charge in [-0.2, -0.15) is 0 Å². The van der Waals surface area contributed by atoms with Crippen LogP contribution in [-0.4, -0.2) is 42.5 Å². The van der Waals surface area contributed by atoms with E-state index in [9.17, 15) is 8.42 Å². The SMILES string of the molecule is Cc1cc(Oc2ncccc2-c2ccnc(N[C@H]3CCCNC3)n2)c(C)cc1NS(=O)(=O)c1ccccc1Cl. The number of hydrogen-bond donors (Lipinski definition) is 3. The topological polar surface area (TPSA) is 118 Å². The van der Waals surface area contributed by atoms with Crippen LogP contribution in [0.4, 0.5) is 11.6 Å². The Balaban J connectivity index is 1.39. The number of nitrogens with one attached hydrogen (secondary N) is 3. The van der Waals surface area contributed by atoms with Gasteiger partial charge in [0, 0.05) is 25.0 Å². The van der Waals surface area contributed by atoms with Crippen LogP contribution in [0.1, 0.15) is 24.0 Å². The van der Waals surface area contributed by atoms with Gasteiger partial charge in [0.2, 0.25) is 11.8 Å². The Bertz CT molecular complexity index is 1590. The number of rotatable bonds is 8. The maximum Gasteiger partial charge on any atom is 0.263 e. The molecule has 2 aromatic heterocycles. The first-order chi connectivity index (χ1) is 18.8. The molecule has 3 N–H and O–H groups in total. The van der Waals surface area contributed by atoms with Crippen molar-refractivity contribution in [3.05, 3.63) is 83.1 Å². The number of aromatic nitrogens is 3. The maximum absolute atomic E-state index is 13.0. The molecule has 5 rings (SSSR count). The number of sulfonamides is 1. The Morgan fingerprint density at radius 1 is 1.03 bits per heavy atom. The highest BCUT2D eigenvalue weighted by Crippen LogP contribution is 2.35. The van der Waals surface area contributed by atoms with Crippen LogP contribution in [0.15, 0.2) is 71.9 Å². The molecule has 3 heterocycles. The van der Waals surface area contributed by atoms with Crippen LogP contribution in [-0.2, 0) is 10.0 Å². The number of halogens is 1. The van der Waals surface area contributed by atoms with Crippen molar-refractivity contribution in [1.29, 1.82) is 0 Å². The van der Waals surface area contributed by atoms with E-state index in [1.165, 1.54) is 6.07 Å². The van der Waals surface area contributed by atoms with Crippen molar-refractivity contribution in [2.45, 2.75) is 37.6 Å². The van der Waals surface area contributed by atoms with E-state index >= 15 is 0 Å². The van der Waals surface area contributed by atoms with Gasteiger partial charge in [-0.3, -0.25) is 4.72 Å². The molecule has 0 amide bonds. The largest absolute Gasteiger partial charge is 0.438 e. The van der Waals surface area contributed by atoms with Crippen molar-refractivity contribution in [2.75, 3.05) is 23.1 Å². The van der Waals surface area contributed by atoms with E-state index in [1.54, 1.807) is 49.6 Å². The zero-order valence-corrected chi connectivity index (χ0v) is 23.2. The van der Waals surface area contributed by atoms with Gasteiger partial charge in [-0.15, -0.1) is 0 Å². The summed E-state index contributed by atoms with van der Waals surface area (Å²) in [6.45, 7) is 5.55. The third kappa shape index (κ3) is 6.30. The molecule has 0 aliphatic carbocycles. The molecule has 0 radical (unpaired) electrons. The highest BCUT2D eigenvalue weighted by atomic mass is 35.5. The van der Waals surface area contributed by atoms with E-state index < -0.39 is 10.0 Å². The molecule has 0 bridgehead atoms. The van der Waals surface area contributed by atoms with Crippen molar-refractivity contribution in [3.8, 4) is 22.9 Å². The number of piperidine rings is 1. The summed E-state index contributed by atoms with van der Waals surface area (Å²) in [5.41, 5.74) is 3.23. The molecule has 1 saturated heterocycles. The summed E-state index contributed by atoms with van der Waals surface area (Å²) in [5, 5.41) is 6.94. The zero-order valence-electron chi connectivity index (χ0n) is 21.6. The van der Waals surface area contributed by atoms with Gasteiger partial charge < -0.3 is 15.4 Å². The van der Waals surface area contributed by atoms with Crippen molar-refractivity contribution < 1.29 is 13.2 Å². The lowest BCUT2D eigenvalue weighted by molar-refractivity contribution is 0.461. The summed E-state index contributed by atoms with van der Waals surface area (Å²) in [6, 6.07) is 15.6. The molecule has 1 atom stereocenters. The highest BCUT2D eigenvalue weighted by molar-refractivity contribution is 7.92. The normalized spacial score (nSPS) is 15.5. The first-order valence-corrected chi connectivity index (χ1v) is 14.5. The molecule has 9 nitrogen and oxygen atoms in total. The molecule has 11 heteroatoms.